The molecule has 1 amide bonds. The summed E-state index contributed by atoms with van der Waals surface area (Å²) >= 11 is 0. The molecule has 4 aromatic rings. The molecule has 4 rings (SSSR count). The first-order valence-corrected chi connectivity index (χ1v) is 11.2. The molecule has 168 valence electrons. The molecular weight excluding hydrogens is 412 g/mol. The molecule has 0 aliphatic heterocycles. The minimum Gasteiger partial charge on any atom is -0.494 e. The van der Waals surface area contributed by atoms with Crippen LogP contribution in [0.4, 0.5) is 0 Å². The zero-order valence-electron chi connectivity index (χ0n) is 19.0. The summed E-state index contributed by atoms with van der Waals surface area (Å²) in [6, 6.07) is 25.3. The van der Waals surface area contributed by atoms with Gasteiger partial charge in [-0.05, 0) is 42.7 Å². The third kappa shape index (κ3) is 5.89. The maximum Gasteiger partial charge on any atom is 0.252 e. The molecule has 33 heavy (non-hydrogen) atoms. The highest BCUT2D eigenvalue weighted by atomic mass is 16.5. The Morgan fingerprint density at radius 2 is 1.64 bits per heavy atom. The highest BCUT2D eigenvalue weighted by molar-refractivity contribution is 6.06. The molecule has 0 unspecified atom stereocenters. The summed E-state index contributed by atoms with van der Waals surface area (Å²) in [5.41, 5.74) is 4.52. The molecule has 0 radical (unpaired) electrons. The van der Waals surface area contributed by atoms with Crippen molar-refractivity contribution < 1.29 is 14.3 Å². The summed E-state index contributed by atoms with van der Waals surface area (Å²) in [6.07, 6.45) is 0.967. The van der Waals surface area contributed by atoms with Crippen LogP contribution in [0.2, 0.25) is 0 Å². The predicted molar refractivity (Wildman–Crippen MR) is 131 cm³/mol. The van der Waals surface area contributed by atoms with Crippen molar-refractivity contribution in [3.8, 4) is 11.6 Å². The van der Waals surface area contributed by atoms with Crippen molar-refractivity contribution in [3.63, 3.8) is 0 Å². The maximum atomic E-state index is 13.1. The quantitative estimate of drug-likeness (QED) is 0.355. The van der Waals surface area contributed by atoms with Crippen LogP contribution in [0, 0.1) is 6.92 Å². The van der Waals surface area contributed by atoms with Gasteiger partial charge in [0, 0.05) is 18.0 Å². The van der Waals surface area contributed by atoms with Gasteiger partial charge >= 0.3 is 0 Å². The van der Waals surface area contributed by atoms with Gasteiger partial charge < -0.3 is 14.8 Å². The van der Waals surface area contributed by atoms with Crippen molar-refractivity contribution in [3.05, 3.63) is 101 Å². The minimum absolute atomic E-state index is 0.167. The van der Waals surface area contributed by atoms with Crippen LogP contribution in [-0.4, -0.2) is 17.5 Å². The fraction of sp³-hybridized carbons (Fsp3) is 0.214. The van der Waals surface area contributed by atoms with Crippen molar-refractivity contribution >= 4 is 16.8 Å². The second-order valence-electron chi connectivity index (χ2n) is 7.97. The number of nitrogens with zero attached hydrogens (tertiary/aromatic N) is 1. The summed E-state index contributed by atoms with van der Waals surface area (Å²) in [7, 11) is 0. The third-order valence-corrected chi connectivity index (χ3v) is 5.29. The Bertz CT molecular complexity index is 1220. The van der Waals surface area contributed by atoms with E-state index in [4.69, 9.17) is 9.47 Å². The lowest BCUT2D eigenvalue weighted by Gasteiger charge is -2.12. The van der Waals surface area contributed by atoms with Crippen LogP contribution in [0.25, 0.3) is 10.9 Å². The molecule has 3 aromatic carbocycles. The van der Waals surface area contributed by atoms with E-state index in [9.17, 15) is 4.79 Å². The van der Waals surface area contributed by atoms with Gasteiger partial charge in [0.15, 0.2) is 0 Å². The number of amides is 1. The van der Waals surface area contributed by atoms with Gasteiger partial charge in [-0.25, -0.2) is 4.98 Å². The molecule has 0 spiro atoms. The molecule has 0 bridgehead atoms. The lowest BCUT2D eigenvalue weighted by atomic mass is 10.1. The standard InChI is InChI=1S/C28H28N2O3/c1-3-16-32-23-14-12-21(13-15-23)18-29-28(31)25-17-27(30-26-7-5-4-6-24(25)26)33-19-22-10-8-20(2)9-11-22/h4-15,17H,3,16,18-19H2,1-2H3,(H,29,31). The van der Waals surface area contributed by atoms with E-state index < -0.39 is 0 Å². The number of hydrogen-bond acceptors (Lipinski definition) is 4. The van der Waals surface area contributed by atoms with Crippen molar-refractivity contribution in [2.45, 2.75) is 33.4 Å². The highest BCUT2D eigenvalue weighted by Gasteiger charge is 2.14. The minimum atomic E-state index is -0.167. The Morgan fingerprint density at radius 3 is 2.39 bits per heavy atom. The summed E-state index contributed by atoms with van der Waals surface area (Å²) in [5, 5.41) is 3.81. The largest absolute Gasteiger partial charge is 0.494 e. The average Bonchev–Trinajstić information content (AvgIpc) is 2.85. The van der Waals surface area contributed by atoms with Gasteiger partial charge in [0.05, 0.1) is 17.7 Å². The van der Waals surface area contributed by atoms with Gasteiger partial charge in [0.25, 0.3) is 5.91 Å². The number of fused-ring (bicyclic) bond motifs is 1. The topological polar surface area (TPSA) is 60.5 Å². The molecule has 1 N–H and O–H groups in total. The molecule has 0 aliphatic carbocycles. The number of nitrogens with one attached hydrogen (secondary N) is 1. The van der Waals surface area contributed by atoms with Crippen LogP contribution in [0.5, 0.6) is 11.6 Å². The van der Waals surface area contributed by atoms with Crippen LogP contribution in [-0.2, 0) is 13.2 Å². The number of para-hydroxylation sites is 1. The van der Waals surface area contributed by atoms with Crippen LogP contribution in [0.3, 0.4) is 0 Å². The monoisotopic (exact) mass is 440 g/mol. The molecule has 5 heteroatoms. The lowest BCUT2D eigenvalue weighted by molar-refractivity contribution is 0.0952. The van der Waals surface area contributed by atoms with Gasteiger partial charge in [-0.15, -0.1) is 0 Å². The van der Waals surface area contributed by atoms with E-state index in [-0.39, 0.29) is 5.91 Å². The van der Waals surface area contributed by atoms with Crippen molar-refractivity contribution in [2.24, 2.45) is 0 Å². The van der Waals surface area contributed by atoms with E-state index in [1.807, 2.05) is 72.8 Å². The van der Waals surface area contributed by atoms with Gasteiger partial charge in [0.2, 0.25) is 5.88 Å². The third-order valence-electron chi connectivity index (χ3n) is 5.29. The smallest absolute Gasteiger partial charge is 0.252 e. The van der Waals surface area contributed by atoms with E-state index in [2.05, 4.69) is 24.1 Å². The molecule has 0 aliphatic rings. The summed E-state index contributed by atoms with van der Waals surface area (Å²) in [5.74, 6) is 1.10. The lowest BCUT2D eigenvalue weighted by Crippen LogP contribution is -2.23. The predicted octanol–water partition coefficient (Wildman–Crippen LogP) is 5.84. The van der Waals surface area contributed by atoms with Crippen LogP contribution < -0.4 is 14.8 Å². The van der Waals surface area contributed by atoms with Crippen LogP contribution >= 0.6 is 0 Å². The summed E-state index contributed by atoms with van der Waals surface area (Å²) in [4.78, 5) is 17.7. The van der Waals surface area contributed by atoms with Crippen LogP contribution in [0.15, 0.2) is 78.9 Å². The summed E-state index contributed by atoms with van der Waals surface area (Å²) < 4.78 is 11.6. The fourth-order valence-corrected chi connectivity index (χ4v) is 3.46. The Kier molecular flexibility index (Phi) is 7.20. The Morgan fingerprint density at radius 1 is 0.909 bits per heavy atom. The number of carbonyl (C=O) groups excluding carboxylic acids is 1. The molecule has 0 fully saturated rings. The zero-order chi connectivity index (χ0) is 23.0. The molecule has 1 aromatic heterocycles. The van der Waals surface area contributed by atoms with E-state index in [0.29, 0.717) is 31.2 Å². The normalized spacial score (nSPS) is 10.7. The number of benzene rings is 3. The number of aryl methyl sites for hydroxylation is 1. The molecular formula is C28H28N2O3. The van der Waals surface area contributed by atoms with Gasteiger partial charge in [-0.1, -0.05) is 67.1 Å². The molecule has 1 heterocycles. The van der Waals surface area contributed by atoms with Crippen molar-refractivity contribution in [2.75, 3.05) is 6.61 Å². The maximum absolute atomic E-state index is 13.1. The van der Waals surface area contributed by atoms with Crippen molar-refractivity contribution in [1.82, 2.24) is 10.3 Å². The first-order chi connectivity index (χ1) is 16.1. The van der Waals surface area contributed by atoms with Crippen molar-refractivity contribution in [1.29, 1.82) is 0 Å². The molecule has 0 atom stereocenters. The summed E-state index contributed by atoms with van der Waals surface area (Å²) in [6.45, 7) is 5.63. The molecule has 0 saturated heterocycles. The number of aromatic nitrogens is 1. The van der Waals surface area contributed by atoms with Gasteiger partial charge in [0.1, 0.15) is 12.4 Å². The number of pyridine rings is 1. The van der Waals surface area contributed by atoms with Gasteiger partial charge in [-0.3, -0.25) is 4.79 Å². The number of hydrogen-bond donors (Lipinski definition) is 1. The molecule has 5 nitrogen and oxygen atoms in total. The van der Waals surface area contributed by atoms with E-state index >= 15 is 0 Å². The van der Waals surface area contributed by atoms with Crippen LogP contribution in [0.1, 0.15) is 40.4 Å². The SMILES string of the molecule is CCCOc1ccc(CNC(=O)c2cc(OCc3ccc(C)cc3)nc3ccccc23)cc1. The molecule has 0 saturated carbocycles. The number of carbonyl (C=O) groups is 1. The number of rotatable bonds is 9. The Hall–Kier alpha value is -3.86. The van der Waals surface area contributed by atoms with E-state index in [1.165, 1.54) is 5.56 Å². The first-order valence-electron chi connectivity index (χ1n) is 11.2. The first kappa shape index (κ1) is 22.3. The second-order valence-corrected chi connectivity index (χ2v) is 7.97. The van der Waals surface area contributed by atoms with E-state index in [1.54, 1.807) is 6.07 Å². The Balaban J connectivity index is 1.48. The zero-order valence-corrected chi connectivity index (χ0v) is 19.0. The highest BCUT2D eigenvalue weighted by Crippen LogP contribution is 2.23. The average molecular weight is 441 g/mol. The number of ether oxygens (including phenoxy) is 2. The fourth-order valence-electron chi connectivity index (χ4n) is 3.46. The van der Waals surface area contributed by atoms with E-state index in [0.717, 1.165) is 34.2 Å². The van der Waals surface area contributed by atoms with Gasteiger partial charge in [-0.2, -0.15) is 0 Å². The second kappa shape index (κ2) is 10.6. The Labute approximate surface area is 194 Å².